The van der Waals surface area contributed by atoms with E-state index in [2.05, 4.69) is 23.1 Å². The summed E-state index contributed by atoms with van der Waals surface area (Å²) >= 11 is 5.43. The average molecular weight is 273 g/mol. The van der Waals surface area contributed by atoms with Crippen molar-refractivity contribution in [3.8, 4) is 6.07 Å². The molecule has 19 heavy (non-hydrogen) atoms. The molecule has 1 aliphatic heterocycles. The van der Waals surface area contributed by atoms with Crippen molar-refractivity contribution in [1.82, 2.24) is 20.3 Å². The van der Waals surface area contributed by atoms with Gasteiger partial charge in [-0.1, -0.05) is 12.1 Å². The topological polar surface area (TPSA) is 55.2 Å². The average Bonchev–Trinajstić information content (AvgIpc) is 2.75. The van der Waals surface area contributed by atoms with Crippen molar-refractivity contribution in [1.29, 1.82) is 5.26 Å². The van der Waals surface area contributed by atoms with Crippen molar-refractivity contribution in [3.05, 3.63) is 42.7 Å². The van der Waals surface area contributed by atoms with E-state index in [0.29, 0.717) is 24.6 Å². The SMILES string of the molecule is C=CCN1NC(c2cccnc2)N(CCC#N)C1=S. The monoisotopic (exact) mass is 273 g/mol. The second kappa shape index (κ2) is 6.27. The lowest BCUT2D eigenvalue weighted by Gasteiger charge is -2.22. The van der Waals surface area contributed by atoms with E-state index in [0.717, 1.165) is 5.56 Å². The molecule has 0 aliphatic carbocycles. The molecule has 0 spiro atoms. The van der Waals surface area contributed by atoms with Gasteiger partial charge in [-0.3, -0.25) is 9.99 Å². The maximum atomic E-state index is 8.76. The number of nitrogens with zero attached hydrogens (tertiary/aromatic N) is 4. The molecule has 1 atom stereocenters. The van der Waals surface area contributed by atoms with E-state index >= 15 is 0 Å². The van der Waals surface area contributed by atoms with E-state index in [1.165, 1.54) is 0 Å². The minimum atomic E-state index is -0.0745. The Hall–Kier alpha value is -1.97. The van der Waals surface area contributed by atoms with E-state index in [1.807, 2.05) is 22.0 Å². The fourth-order valence-electron chi connectivity index (χ4n) is 1.99. The number of aromatic nitrogens is 1. The maximum Gasteiger partial charge on any atom is 0.188 e. The van der Waals surface area contributed by atoms with Crippen LogP contribution >= 0.6 is 12.2 Å². The molecule has 98 valence electrons. The molecule has 1 saturated heterocycles. The van der Waals surface area contributed by atoms with Crippen molar-refractivity contribution in [3.63, 3.8) is 0 Å². The number of rotatable bonds is 5. The molecule has 1 aromatic heterocycles. The van der Waals surface area contributed by atoms with Crippen LogP contribution in [0.3, 0.4) is 0 Å². The van der Waals surface area contributed by atoms with E-state index < -0.39 is 0 Å². The predicted molar refractivity (Wildman–Crippen MR) is 76.6 cm³/mol. The molecular weight excluding hydrogens is 258 g/mol. The predicted octanol–water partition coefficient (Wildman–Crippen LogP) is 1.59. The van der Waals surface area contributed by atoms with Crippen LogP contribution in [0.25, 0.3) is 0 Å². The number of hydrazine groups is 1. The molecule has 6 heteroatoms. The normalized spacial score (nSPS) is 18.5. The van der Waals surface area contributed by atoms with E-state index in [-0.39, 0.29) is 6.17 Å². The van der Waals surface area contributed by atoms with Gasteiger partial charge >= 0.3 is 0 Å². The van der Waals surface area contributed by atoms with E-state index in [1.54, 1.807) is 18.5 Å². The highest BCUT2D eigenvalue weighted by Gasteiger charge is 2.33. The molecule has 5 nitrogen and oxygen atoms in total. The highest BCUT2D eigenvalue weighted by Crippen LogP contribution is 2.25. The zero-order chi connectivity index (χ0) is 13.7. The lowest BCUT2D eigenvalue weighted by molar-refractivity contribution is 0.272. The summed E-state index contributed by atoms with van der Waals surface area (Å²) in [5, 5.41) is 11.3. The van der Waals surface area contributed by atoms with Crippen molar-refractivity contribution in [2.24, 2.45) is 0 Å². The standard InChI is InChI=1S/C13H15N5S/c1-2-8-18-13(19)17(9-4-6-14)12(16-18)11-5-3-7-15-10-11/h2-3,5,7,10,12,16H,1,4,8-9H2. The molecule has 1 aliphatic rings. The second-order valence-corrected chi connectivity index (χ2v) is 4.47. The Labute approximate surface area is 118 Å². The third kappa shape index (κ3) is 2.89. The van der Waals surface area contributed by atoms with Crippen molar-refractivity contribution in [2.75, 3.05) is 13.1 Å². The zero-order valence-corrected chi connectivity index (χ0v) is 11.3. The van der Waals surface area contributed by atoms with Gasteiger partial charge in [0.1, 0.15) is 6.17 Å². The van der Waals surface area contributed by atoms with Crippen LogP contribution in [0.4, 0.5) is 0 Å². The maximum absolute atomic E-state index is 8.76. The highest BCUT2D eigenvalue weighted by molar-refractivity contribution is 7.80. The van der Waals surface area contributed by atoms with Crippen LogP contribution in [-0.4, -0.2) is 33.1 Å². The summed E-state index contributed by atoms with van der Waals surface area (Å²) in [4.78, 5) is 6.13. The Morgan fingerprint density at radius 2 is 2.47 bits per heavy atom. The Morgan fingerprint density at radius 1 is 1.63 bits per heavy atom. The molecule has 2 rings (SSSR count). The van der Waals surface area contributed by atoms with E-state index in [4.69, 9.17) is 17.5 Å². The number of thiocarbonyl (C=S) groups is 1. The third-order valence-corrected chi connectivity index (χ3v) is 3.30. The summed E-state index contributed by atoms with van der Waals surface area (Å²) in [6.45, 7) is 4.94. The number of nitrogens with one attached hydrogen (secondary N) is 1. The summed E-state index contributed by atoms with van der Waals surface area (Å²) in [5.74, 6) is 0. The first-order chi connectivity index (χ1) is 9.27. The first-order valence-electron chi connectivity index (χ1n) is 6.00. The van der Waals surface area contributed by atoms with Gasteiger partial charge in [-0.25, -0.2) is 5.43 Å². The quantitative estimate of drug-likeness (QED) is 0.649. The fraction of sp³-hybridized carbons (Fsp3) is 0.308. The molecule has 0 bridgehead atoms. The molecular formula is C13H15N5S. The van der Waals surface area contributed by atoms with Gasteiger partial charge in [0, 0.05) is 24.5 Å². The lowest BCUT2D eigenvalue weighted by Crippen LogP contribution is -2.35. The van der Waals surface area contributed by atoms with Gasteiger partial charge in [-0.15, -0.1) is 6.58 Å². The highest BCUT2D eigenvalue weighted by atomic mass is 32.1. The van der Waals surface area contributed by atoms with Crippen molar-refractivity contribution >= 4 is 17.3 Å². The molecule has 1 aromatic rings. The first kappa shape index (κ1) is 13.5. The minimum Gasteiger partial charge on any atom is -0.326 e. The minimum absolute atomic E-state index is 0.0745. The van der Waals surface area contributed by atoms with Crippen LogP contribution in [0.15, 0.2) is 37.2 Å². The summed E-state index contributed by atoms with van der Waals surface area (Å²) < 4.78 is 0. The van der Waals surface area contributed by atoms with Crippen LogP contribution in [0.2, 0.25) is 0 Å². The van der Waals surface area contributed by atoms with Crippen LogP contribution in [0, 0.1) is 11.3 Å². The first-order valence-corrected chi connectivity index (χ1v) is 6.41. The largest absolute Gasteiger partial charge is 0.326 e. The smallest absolute Gasteiger partial charge is 0.188 e. The van der Waals surface area contributed by atoms with Gasteiger partial charge in [0.15, 0.2) is 5.11 Å². The van der Waals surface area contributed by atoms with Gasteiger partial charge in [0.2, 0.25) is 0 Å². The zero-order valence-electron chi connectivity index (χ0n) is 10.5. The lowest BCUT2D eigenvalue weighted by atomic mass is 10.2. The summed E-state index contributed by atoms with van der Waals surface area (Å²) in [6.07, 6.45) is 5.68. The molecule has 0 radical (unpaired) electrons. The molecule has 2 heterocycles. The Bertz CT molecular complexity index is 496. The van der Waals surface area contributed by atoms with Crippen molar-refractivity contribution in [2.45, 2.75) is 12.6 Å². The van der Waals surface area contributed by atoms with E-state index in [9.17, 15) is 0 Å². The number of hydrogen-bond donors (Lipinski definition) is 1. The van der Waals surface area contributed by atoms with Gasteiger partial charge in [0.05, 0.1) is 19.0 Å². The molecule has 1 unspecified atom stereocenters. The van der Waals surface area contributed by atoms with Gasteiger partial charge < -0.3 is 4.90 Å². The van der Waals surface area contributed by atoms with Crippen LogP contribution < -0.4 is 5.43 Å². The molecule has 0 amide bonds. The van der Waals surface area contributed by atoms with Crippen LogP contribution in [0.1, 0.15) is 18.2 Å². The van der Waals surface area contributed by atoms with Gasteiger partial charge in [-0.05, 0) is 18.3 Å². The Kier molecular flexibility index (Phi) is 4.44. The number of pyridine rings is 1. The molecule has 1 fully saturated rings. The van der Waals surface area contributed by atoms with Crippen LogP contribution in [-0.2, 0) is 0 Å². The van der Waals surface area contributed by atoms with Gasteiger partial charge in [0.25, 0.3) is 0 Å². The fourth-order valence-corrected chi connectivity index (χ4v) is 2.31. The van der Waals surface area contributed by atoms with Gasteiger partial charge in [-0.2, -0.15) is 5.26 Å². The number of nitriles is 1. The van der Waals surface area contributed by atoms with Crippen LogP contribution in [0.5, 0.6) is 0 Å². The Morgan fingerprint density at radius 3 is 3.11 bits per heavy atom. The Balaban J connectivity index is 2.22. The molecule has 0 aromatic carbocycles. The molecule has 1 N–H and O–H groups in total. The summed E-state index contributed by atoms with van der Waals surface area (Å²) in [5.41, 5.74) is 4.34. The number of hydrogen-bond acceptors (Lipinski definition) is 4. The summed E-state index contributed by atoms with van der Waals surface area (Å²) in [6, 6.07) is 6.03. The van der Waals surface area contributed by atoms with Crippen molar-refractivity contribution < 1.29 is 0 Å². The molecule has 0 saturated carbocycles. The third-order valence-electron chi connectivity index (χ3n) is 2.84. The summed E-state index contributed by atoms with van der Waals surface area (Å²) in [7, 11) is 0. The second-order valence-electron chi connectivity index (χ2n) is 4.10.